The van der Waals surface area contributed by atoms with Gasteiger partial charge in [-0.15, -0.1) is 6.58 Å². The number of thiocarbonyl (C=S) groups is 1. The van der Waals surface area contributed by atoms with Crippen LogP contribution in [0, 0.1) is 0 Å². The SMILES string of the molecule is C=CCC(C(N)=S)N1C=CC=CN1. The Morgan fingerprint density at radius 2 is 2.46 bits per heavy atom. The molecule has 1 atom stereocenters. The fourth-order valence-corrected chi connectivity index (χ4v) is 1.30. The maximum Gasteiger partial charge on any atom is 0.103 e. The minimum Gasteiger partial charge on any atom is -0.392 e. The van der Waals surface area contributed by atoms with Gasteiger partial charge in [-0.1, -0.05) is 18.3 Å². The number of rotatable bonds is 4. The molecule has 1 rings (SSSR count). The van der Waals surface area contributed by atoms with E-state index in [0.29, 0.717) is 4.99 Å². The van der Waals surface area contributed by atoms with Crippen molar-refractivity contribution in [1.82, 2.24) is 10.4 Å². The molecule has 3 N–H and O–H groups in total. The lowest BCUT2D eigenvalue weighted by Crippen LogP contribution is -2.46. The van der Waals surface area contributed by atoms with Crippen LogP contribution >= 0.6 is 12.2 Å². The van der Waals surface area contributed by atoms with Crippen LogP contribution in [0.15, 0.2) is 37.2 Å². The van der Waals surface area contributed by atoms with E-state index in [0.717, 1.165) is 6.42 Å². The van der Waals surface area contributed by atoms with E-state index in [9.17, 15) is 0 Å². The molecule has 0 bridgehead atoms. The third kappa shape index (κ3) is 2.59. The van der Waals surface area contributed by atoms with Crippen LogP contribution in [0.25, 0.3) is 0 Å². The first-order valence-electron chi connectivity index (χ1n) is 4.03. The van der Waals surface area contributed by atoms with E-state index in [4.69, 9.17) is 18.0 Å². The summed E-state index contributed by atoms with van der Waals surface area (Å²) in [6.07, 6.45) is 10.1. The zero-order valence-corrected chi connectivity index (χ0v) is 8.13. The van der Waals surface area contributed by atoms with Crippen LogP contribution in [0.5, 0.6) is 0 Å². The standard InChI is InChI=1S/C9H13N3S/c1-2-5-8(9(10)13)12-7-4-3-6-11-12/h2-4,6-8,11H,1,5H2,(H2,10,13). The Kier molecular flexibility index (Phi) is 3.52. The second-order valence-corrected chi connectivity index (χ2v) is 3.15. The number of nitrogens with two attached hydrogens (primary N) is 1. The Labute approximate surface area is 83.6 Å². The van der Waals surface area contributed by atoms with Gasteiger partial charge in [-0.25, -0.2) is 0 Å². The fourth-order valence-electron chi connectivity index (χ4n) is 1.09. The van der Waals surface area contributed by atoms with Crippen molar-refractivity contribution in [3.05, 3.63) is 37.2 Å². The van der Waals surface area contributed by atoms with E-state index in [1.54, 1.807) is 6.08 Å². The van der Waals surface area contributed by atoms with Crippen molar-refractivity contribution < 1.29 is 0 Å². The molecule has 0 spiro atoms. The summed E-state index contributed by atoms with van der Waals surface area (Å²) in [6.45, 7) is 3.67. The molecular formula is C9H13N3S. The van der Waals surface area contributed by atoms with Gasteiger partial charge in [0.25, 0.3) is 0 Å². The molecule has 0 radical (unpaired) electrons. The third-order valence-electron chi connectivity index (χ3n) is 1.73. The van der Waals surface area contributed by atoms with Crippen LogP contribution in [0.1, 0.15) is 6.42 Å². The average molecular weight is 195 g/mol. The van der Waals surface area contributed by atoms with E-state index in [1.807, 2.05) is 29.6 Å². The zero-order valence-electron chi connectivity index (χ0n) is 7.31. The van der Waals surface area contributed by atoms with E-state index in [-0.39, 0.29) is 6.04 Å². The van der Waals surface area contributed by atoms with Crippen LogP contribution in [0.3, 0.4) is 0 Å². The highest BCUT2D eigenvalue weighted by Crippen LogP contribution is 2.06. The van der Waals surface area contributed by atoms with Gasteiger partial charge in [0.15, 0.2) is 0 Å². The fraction of sp³-hybridized carbons (Fsp3) is 0.222. The summed E-state index contributed by atoms with van der Waals surface area (Å²) in [5.74, 6) is 0. The summed E-state index contributed by atoms with van der Waals surface area (Å²) in [4.78, 5) is 0.465. The second kappa shape index (κ2) is 4.67. The molecule has 0 aromatic carbocycles. The van der Waals surface area contributed by atoms with Crippen molar-refractivity contribution in [2.24, 2.45) is 5.73 Å². The van der Waals surface area contributed by atoms with Gasteiger partial charge in [-0.2, -0.15) is 0 Å². The minimum atomic E-state index is -0.00583. The Morgan fingerprint density at radius 3 is 2.92 bits per heavy atom. The monoisotopic (exact) mass is 195 g/mol. The van der Waals surface area contributed by atoms with Gasteiger partial charge in [-0.3, -0.25) is 5.01 Å². The van der Waals surface area contributed by atoms with E-state index in [2.05, 4.69) is 12.0 Å². The Balaban J connectivity index is 2.64. The largest absolute Gasteiger partial charge is 0.392 e. The van der Waals surface area contributed by atoms with Crippen LogP contribution in [-0.4, -0.2) is 16.0 Å². The molecular weight excluding hydrogens is 182 g/mol. The number of nitrogens with zero attached hydrogens (tertiary/aromatic N) is 1. The highest BCUT2D eigenvalue weighted by molar-refractivity contribution is 7.80. The predicted molar refractivity (Wildman–Crippen MR) is 58.6 cm³/mol. The third-order valence-corrected chi connectivity index (χ3v) is 2.00. The molecule has 13 heavy (non-hydrogen) atoms. The molecule has 0 aromatic heterocycles. The molecule has 1 unspecified atom stereocenters. The first-order valence-corrected chi connectivity index (χ1v) is 4.44. The molecule has 70 valence electrons. The van der Waals surface area contributed by atoms with E-state index >= 15 is 0 Å². The van der Waals surface area contributed by atoms with Gasteiger partial charge in [0, 0.05) is 12.4 Å². The molecule has 1 heterocycles. The molecule has 0 amide bonds. The summed E-state index contributed by atoms with van der Waals surface area (Å²) in [5, 5.41) is 1.87. The summed E-state index contributed by atoms with van der Waals surface area (Å²) in [7, 11) is 0. The molecule has 0 saturated heterocycles. The lowest BCUT2D eigenvalue weighted by molar-refractivity contribution is 0.277. The quantitative estimate of drug-likeness (QED) is 0.520. The maximum absolute atomic E-state index is 5.60. The first-order chi connectivity index (χ1) is 6.25. The van der Waals surface area contributed by atoms with Crippen molar-refractivity contribution >= 4 is 17.2 Å². The molecule has 1 aliphatic heterocycles. The number of nitrogens with one attached hydrogen (secondary N) is 1. The average Bonchev–Trinajstić information content (AvgIpc) is 2.15. The highest BCUT2D eigenvalue weighted by atomic mass is 32.1. The molecule has 0 fully saturated rings. The minimum absolute atomic E-state index is 0.00583. The second-order valence-electron chi connectivity index (χ2n) is 2.68. The van der Waals surface area contributed by atoms with Crippen molar-refractivity contribution in [2.45, 2.75) is 12.5 Å². The molecule has 0 saturated carbocycles. The van der Waals surface area contributed by atoms with Crippen LogP contribution in [-0.2, 0) is 0 Å². The van der Waals surface area contributed by atoms with Crippen molar-refractivity contribution in [3.8, 4) is 0 Å². The van der Waals surface area contributed by atoms with Gasteiger partial charge in [0.2, 0.25) is 0 Å². The van der Waals surface area contributed by atoms with E-state index in [1.165, 1.54) is 0 Å². The van der Waals surface area contributed by atoms with E-state index < -0.39 is 0 Å². The summed E-state index contributed by atoms with van der Waals surface area (Å²) < 4.78 is 0. The highest BCUT2D eigenvalue weighted by Gasteiger charge is 2.16. The Morgan fingerprint density at radius 1 is 1.69 bits per heavy atom. The van der Waals surface area contributed by atoms with Gasteiger partial charge in [-0.05, 0) is 18.6 Å². The number of hydrazine groups is 1. The lowest BCUT2D eigenvalue weighted by Gasteiger charge is -2.30. The normalized spacial score (nSPS) is 16.5. The van der Waals surface area contributed by atoms with Crippen LogP contribution in [0.4, 0.5) is 0 Å². The molecule has 4 heteroatoms. The number of hydrogen-bond donors (Lipinski definition) is 2. The van der Waals surface area contributed by atoms with Crippen molar-refractivity contribution in [1.29, 1.82) is 0 Å². The molecule has 1 aliphatic rings. The first kappa shape index (κ1) is 9.80. The Bertz CT molecular complexity index is 258. The topological polar surface area (TPSA) is 41.3 Å². The van der Waals surface area contributed by atoms with Gasteiger partial charge in [0.05, 0.1) is 4.99 Å². The van der Waals surface area contributed by atoms with Crippen molar-refractivity contribution in [2.75, 3.05) is 0 Å². The van der Waals surface area contributed by atoms with Crippen molar-refractivity contribution in [3.63, 3.8) is 0 Å². The van der Waals surface area contributed by atoms with Gasteiger partial charge < -0.3 is 11.2 Å². The molecule has 0 aromatic rings. The van der Waals surface area contributed by atoms with Gasteiger partial charge >= 0.3 is 0 Å². The maximum atomic E-state index is 5.60. The lowest BCUT2D eigenvalue weighted by atomic mass is 10.2. The molecule has 0 aliphatic carbocycles. The van der Waals surface area contributed by atoms with Gasteiger partial charge in [0.1, 0.15) is 6.04 Å². The number of allylic oxidation sites excluding steroid dienone is 2. The summed E-state index contributed by atoms with van der Waals surface area (Å²) in [6, 6.07) is -0.00583. The summed E-state index contributed by atoms with van der Waals surface area (Å²) >= 11 is 4.95. The zero-order chi connectivity index (χ0) is 9.68. The number of hydrogen-bond acceptors (Lipinski definition) is 3. The smallest absolute Gasteiger partial charge is 0.103 e. The van der Waals surface area contributed by atoms with Crippen LogP contribution < -0.4 is 11.2 Å². The van der Waals surface area contributed by atoms with Crippen LogP contribution in [0.2, 0.25) is 0 Å². The predicted octanol–water partition coefficient (Wildman–Crippen LogP) is 1.06. The molecule has 3 nitrogen and oxygen atoms in total. The summed E-state index contributed by atoms with van der Waals surface area (Å²) in [5.41, 5.74) is 8.63. The Hall–Kier alpha value is -1.29.